The summed E-state index contributed by atoms with van der Waals surface area (Å²) in [6.45, 7) is 2.59. The summed E-state index contributed by atoms with van der Waals surface area (Å²) in [5.74, 6) is -4.07. The third-order valence-electron chi connectivity index (χ3n) is 4.87. The first kappa shape index (κ1) is 29.6. The minimum absolute atomic E-state index is 0.146. The standard InChI is InChI=1S/C19H35N5O7S/c1-4-10(2)15(19(30)31)24-18(29)13(9-25)23-17(28)12(5-6-14(21)26)22-16(27)11(20)7-8-32-3/h10-13,15,25H,4-9,20H2,1-3H3,(H2,21,26)(H,22,27)(H,23,28)(H,24,29)(H,30,31). The van der Waals surface area contributed by atoms with Gasteiger partial charge in [0.1, 0.15) is 18.1 Å². The molecule has 0 aliphatic rings. The molecule has 12 nitrogen and oxygen atoms in total. The van der Waals surface area contributed by atoms with E-state index in [0.29, 0.717) is 18.6 Å². The van der Waals surface area contributed by atoms with Gasteiger partial charge in [0.05, 0.1) is 12.6 Å². The van der Waals surface area contributed by atoms with Gasteiger partial charge in [-0.05, 0) is 30.8 Å². The van der Waals surface area contributed by atoms with E-state index in [1.54, 1.807) is 13.8 Å². The van der Waals surface area contributed by atoms with Crippen LogP contribution in [0.2, 0.25) is 0 Å². The van der Waals surface area contributed by atoms with Gasteiger partial charge in [-0.1, -0.05) is 20.3 Å². The Bertz CT molecular complexity index is 664. The summed E-state index contributed by atoms with van der Waals surface area (Å²) in [7, 11) is 0. The topological polar surface area (TPSA) is 214 Å². The Labute approximate surface area is 191 Å². The maximum Gasteiger partial charge on any atom is 0.326 e. The van der Waals surface area contributed by atoms with Gasteiger partial charge in [0.2, 0.25) is 23.6 Å². The Balaban J connectivity index is 5.30. The number of aliphatic hydroxyl groups is 1. The van der Waals surface area contributed by atoms with Crippen molar-refractivity contribution in [3.05, 3.63) is 0 Å². The molecule has 0 aromatic carbocycles. The molecule has 0 bridgehead atoms. The second-order valence-corrected chi connectivity index (χ2v) is 8.39. The molecule has 0 fully saturated rings. The van der Waals surface area contributed by atoms with Crippen LogP contribution in [0, 0.1) is 5.92 Å². The molecule has 0 saturated heterocycles. The average Bonchev–Trinajstić information content (AvgIpc) is 2.75. The van der Waals surface area contributed by atoms with Crippen LogP contribution in [0.4, 0.5) is 0 Å². The minimum Gasteiger partial charge on any atom is -0.480 e. The largest absolute Gasteiger partial charge is 0.480 e. The van der Waals surface area contributed by atoms with Crippen LogP contribution < -0.4 is 27.4 Å². The van der Waals surface area contributed by atoms with E-state index in [1.807, 2.05) is 6.26 Å². The molecule has 9 N–H and O–H groups in total. The number of nitrogens with one attached hydrogen (secondary N) is 3. The SMILES string of the molecule is CCC(C)C(NC(=O)C(CO)NC(=O)C(CCC(N)=O)NC(=O)C(N)CCSC)C(=O)O. The minimum atomic E-state index is -1.47. The Morgan fingerprint density at radius 1 is 0.969 bits per heavy atom. The van der Waals surface area contributed by atoms with Gasteiger partial charge < -0.3 is 37.6 Å². The fourth-order valence-corrected chi connectivity index (χ4v) is 3.10. The Morgan fingerprint density at radius 2 is 1.53 bits per heavy atom. The summed E-state index contributed by atoms with van der Waals surface area (Å²) in [4.78, 5) is 60.0. The molecule has 5 atom stereocenters. The molecule has 13 heteroatoms. The van der Waals surface area contributed by atoms with Crippen LogP contribution in [-0.4, -0.2) is 82.6 Å². The van der Waals surface area contributed by atoms with E-state index in [2.05, 4.69) is 16.0 Å². The number of aliphatic carboxylic acids is 1. The van der Waals surface area contributed by atoms with Gasteiger partial charge in [0.15, 0.2) is 0 Å². The molecule has 32 heavy (non-hydrogen) atoms. The van der Waals surface area contributed by atoms with Gasteiger partial charge in [-0.3, -0.25) is 19.2 Å². The van der Waals surface area contributed by atoms with Crippen molar-refractivity contribution in [3.63, 3.8) is 0 Å². The fraction of sp³-hybridized carbons (Fsp3) is 0.737. The molecule has 4 amide bonds. The fourth-order valence-electron chi connectivity index (χ4n) is 2.61. The van der Waals surface area contributed by atoms with Crippen LogP contribution in [0.1, 0.15) is 39.5 Å². The smallest absolute Gasteiger partial charge is 0.326 e. The van der Waals surface area contributed by atoms with Gasteiger partial charge in [-0.25, -0.2) is 4.79 Å². The highest BCUT2D eigenvalue weighted by molar-refractivity contribution is 7.98. The first-order chi connectivity index (χ1) is 15.0. The molecule has 0 aromatic heterocycles. The number of amides is 4. The quantitative estimate of drug-likeness (QED) is 0.129. The molecule has 0 aromatic rings. The van der Waals surface area contributed by atoms with Gasteiger partial charge in [0.25, 0.3) is 0 Å². The van der Waals surface area contributed by atoms with Crippen LogP contribution >= 0.6 is 11.8 Å². The maximum atomic E-state index is 12.7. The van der Waals surface area contributed by atoms with Crippen molar-refractivity contribution in [2.24, 2.45) is 17.4 Å². The van der Waals surface area contributed by atoms with E-state index in [-0.39, 0.29) is 12.8 Å². The normalized spacial score (nSPS) is 15.5. The number of carbonyl (C=O) groups excluding carboxylic acids is 4. The molecule has 0 radical (unpaired) electrons. The number of rotatable bonds is 16. The van der Waals surface area contributed by atoms with Crippen molar-refractivity contribution < 1.29 is 34.2 Å². The summed E-state index contributed by atoms with van der Waals surface area (Å²) in [5.41, 5.74) is 10.9. The van der Waals surface area contributed by atoms with E-state index in [0.717, 1.165) is 0 Å². The molecule has 0 heterocycles. The lowest BCUT2D eigenvalue weighted by Crippen LogP contribution is -2.58. The number of nitrogens with two attached hydrogens (primary N) is 2. The van der Waals surface area contributed by atoms with Crippen molar-refractivity contribution in [3.8, 4) is 0 Å². The highest BCUT2D eigenvalue weighted by Gasteiger charge is 2.31. The van der Waals surface area contributed by atoms with E-state index in [1.165, 1.54) is 11.8 Å². The molecular formula is C19H35N5O7S. The number of hydrogen-bond acceptors (Lipinski definition) is 8. The summed E-state index contributed by atoms with van der Waals surface area (Å²) in [6.07, 6.45) is 2.33. The highest BCUT2D eigenvalue weighted by Crippen LogP contribution is 2.08. The van der Waals surface area contributed by atoms with Gasteiger partial charge in [0, 0.05) is 6.42 Å². The summed E-state index contributed by atoms with van der Waals surface area (Å²) in [5, 5.41) is 25.9. The van der Waals surface area contributed by atoms with Crippen molar-refractivity contribution in [2.45, 2.75) is 63.7 Å². The molecule has 184 valence electrons. The molecule has 0 saturated carbocycles. The lowest BCUT2D eigenvalue weighted by Gasteiger charge is -2.25. The predicted molar refractivity (Wildman–Crippen MR) is 119 cm³/mol. The molecule has 5 unspecified atom stereocenters. The zero-order valence-electron chi connectivity index (χ0n) is 18.6. The highest BCUT2D eigenvalue weighted by atomic mass is 32.2. The third kappa shape index (κ3) is 10.8. The molecule has 0 rings (SSSR count). The maximum absolute atomic E-state index is 12.7. The van der Waals surface area contributed by atoms with E-state index >= 15 is 0 Å². The molecular weight excluding hydrogens is 442 g/mol. The monoisotopic (exact) mass is 477 g/mol. The first-order valence-electron chi connectivity index (χ1n) is 10.3. The number of primary amides is 1. The Morgan fingerprint density at radius 3 is 2.00 bits per heavy atom. The lowest BCUT2D eigenvalue weighted by molar-refractivity contribution is -0.144. The predicted octanol–water partition coefficient (Wildman–Crippen LogP) is -2.09. The van der Waals surface area contributed by atoms with Crippen LogP contribution in [-0.2, 0) is 24.0 Å². The zero-order valence-corrected chi connectivity index (χ0v) is 19.4. The number of carbonyl (C=O) groups is 5. The summed E-state index contributed by atoms with van der Waals surface area (Å²) >= 11 is 1.50. The molecule has 0 aliphatic heterocycles. The third-order valence-corrected chi connectivity index (χ3v) is 5.52. The summed E-state index contributed by atoms with van der Waals surface area (Å²) in [6, 6.07) is -4.79. The van der Waals surface area contributed by atoms with Crippen molar-refractivity contribution in [1.82, 2.24) is 16.0 Å². The zero-order chi connectivity index (χ0) is 24.8. The number of carboxylic acid groups (broad SMARTS) is 1. The van der Waals surface area contributed by atoms with Crippen molar-refractivity contribution in [2.75, 3.05) is 18.6 Å². The van der Waals surface area contributed by atoms with Gasteiger partial charge >= 0.3 is 5.97 Å². The molecule has 0 aliphatic carbocycles. The van der Waals surface area contributed by atoms with E-state index in [9.17, 15) is 34.2 Å². The Hall–Kier alpha value is -2.38. The van der Waals surface area contributed by atoms with Crippen LogP contribution in [0.25, 0.3) is 0 Å². The lowest BCUT2D eigenvalue weighted by atomic mass is 9.99. The Kier molecular flexibility index (Phi) is 14.3. The van der Waals surface area contributed by atoms with E-state index < -0.39 is 66.3 Å². The van der Waals surface area contributed by atoms with Crippen LogP contribution in [0.15, 0.2) is 0 Å². The van der Waals surface area contributed by atoms with Crippen molar-refractivity contribution >= 4 is 41.4 Å². The summed E-state index contributed by atoms with van der Waals surface area (Å²) < 4.78 is 0. The number of hydrogen-bond donors (Lipinski definition) is 7. The van der Waals surface area contributed by atoms with Gasteiger partial charge in [-0.15, -0.1) is 0 Å². The van der Waals surface area contributed by atoms with Gasteiger partial charge in [-0.2, -0.15) is 11.8 Å². The second kappa shape index (κ2) is 15.4. The second-order valence-electron chi connectivity index (χ2n) is 7.41. The molecule has 0 spiro atoms. The van der Waals surface area contributed by atoms with Crippen LogP contribution in [0.5, 0.6) is 0 Å². The number of thioether (sulfide) groups is 1. The average molecular weight is 478 g/mol. The van der Waals surface area contributed by atoms with Crippen molar-refractivity contribution in [1.29, 1.82) is 0 Å². The number of carboxylic acids is 1. The number of aliphatic hydroxyl groups excluding tert-OH is 1. The van der Waals surface area contributed by atoms with Crippen LogP contribution in [0.3, 0.4) is 0 Å². The first-order valence-corrected chi connectivity index (χ1v) is 11.6. The van der Waals surface area contributed by atoms with E-state index in [4.69, 9.17) is 11.5 Å².